The fourth-order valence-corrected chi connectivity index (χ4v) is 7.06. The minimum absolute atomic E-state index is 0.839. The number of fused-ring (bicyclic) bond motifs is 1. The van der Waals surface area contributed by atoms with Crippen LogP contribution in [0.2, 0.25) is 0 Å². The quantitative estimate of drug-likeness (QED) is 0.462. The van der Waals surface area contributed by atoms with Gasteiger partial charge in [0.2, 0.25) is 0 Å². The van der Waals surface area contributed by atoms with Gasteiger partial charge in [0.25, 0.3) is 0 Å². The van der Waals surface area contributed by atoms with Crippen molar-refractivity contribution in [2.24, 2.45) is 40.9 Å². The van der Waals surface area contributed by atoms with Crippen LogP contribution in [0.1, 0.15) is 124 Å². The molecule has 0 saturated heterocycles. The summed E-state index contributed by atoms with van der Waals surface area (Å²) in [5.41, 5.74) is 0.839. The first-order chi connectivity index (χ1) is 12.5. The minimum Gasteiger partial charge on any atom is -0.0625 e. The van der Waals surface area contributed by atoms with Crippen molar-refractivity contribution < 1.29 is 0 Å². The molecule has 0 heteroatoms. The summed E-state index contributed by atoms with van der Waals surface area (Å²) in [6.45, 7) is 9.62. The van der Waals surface area contributed by atoms with E-state index in [1.807, 2.05) is 0 Å². The van der Waals surface area contributed by atoms with E-state index in [1.54, 1.807) is 51.4 Å². The molecule has 4 saturated carbocycles. The molecular formula is C26H48. The summed E-state index contributed by atoms with van der Waals surface area (Å²) in [5, 5.41) is 0. The lowest BCUT2D eigenvalue weighted by molar-refractivity contribution is 0.108. The van der Waals surface area contributed by atoms with Gasteiger partial charge in [-0.2, -0.15) is 0 Å². The monoisotopic (exact) mass is 360 g/mol. The predicted molar refractivity (Wildman–Crippen MR) is 115 cm³/mol. The molecular weight excluding hydrogens is 312 g/mol. The van der Waals surface area contributed by atoms with Gasteiger partial charge in [-0.1, -0.05) is 66.2 Å². The summed E-state index contributed by atoms with van der Waals surface area (Å²) >= 11 is 0. The van der Waals surface area contributed by atoms with Crippen LogP contribution in [0.5, 0.6) is 0 Å². The van der Waals surface area contributed by atoms with E-state index >= 15 is 0 Å². The van der Waals surface area contributed by atoms with Crippen LogP contribution in [0, 0.1) is 40.9 Å². The molecule has 0 aromatic heterocycles. The van der Waals surface area contributed by atoms with Gasteiger partial charge in [-0.05, 0) is 98.7 Å². The number of rotatable bonds is 2. The second-order valence-electron chi connectivity index (χ2n) is 11.4. The highest BCUT2D eigenvalue weighted by molar-refractivity contribution is 4.89. The van der Waals surface area contributed by atoms with Crippen molar-refractivity contribution in [1.29, 1.82) is 0 Å². The molecule has 4 rings (SSSR count). The lowest BCUT2D eigenvalue weighted by Crippen LogP contribution is -2.29. The van der Waals surface area contributed by atoms with E-state index in [1.165, 1.54) is 44.9 Å². The molecule has 26 heavy (non-hydrogen) atoms. The molecule has 0 aromatic rings. The fourth-order valence-electron chi connectivity index (χ4n) is 7.06. The van der Waals surface area contributed by atoms with E-state index in [9.17, 15) is 0 Å². The van der Waals surface area contributed by atoms with Gasteiger partial charge < -0.3 is 0 Å². The molecule has 3 atom stereocenters. The SMILES string of the molecule is CC(C)C1CCC2(CCCC2)CC1.CC(C)C1CCC2CCCCC2C1. The zero-order valence-electron chi connectivity index (χ0n) is 18.6. The van der Waals surface area contributed by atoms with Crippen LogP contribution in [0.3, 0.4) is 0 Å². The molecule has 0 aliphatic heterocycles. The number of hydrogen-bond acceptors (Lipinski definition) is 0. The van der Waals surface area contributed by atoms with Crippen LogP contribution in [-0.2, 0) is 0 Å². The molecule has 0 bridgehead atoms. The Kier molecular flexibility index (Phi) is 7.55. The zero-order valence-corrected chi connectivity index (χ0v) is 18.6. The summed E-state index contributed by atoms with van der Waals surface area (Å²) in [7, 11) is 0. The summed E-state index contributed by atoms with van der Waals surface area (Å²) in [4.78, 5) is 0. The van der Waals surface area contributed by atoms with Crippen LogP contribution >= 0.6 is 0 Å². The maximum Gasteiger partial charge on any atom is -0.0297 e. The van der Waals surface area contributed by atoms with Gasteiger partial charge >= 0.3 is 0 Å². The molecule has 4 aliphatic rings. The average molecular weight is 361 g/mol. The highest BCUT2D eigenvalue weighted by atomic mass is 14.4. The predicted octanol–water partition coefficient (Wildman–Crippen LogP) is 8.64. The third-order valence-electron chi connectivity index (χ3n) is 9.22. The molecule has 4 fully saturated rings. The molecule has 1 spiro atoms. The summed E-state index contributed by atoms with van der Waals surface area (Å²) in [5.74, 6) is 6.21. The molecule has 0 amide bonds. The lowest BCUT2D eigenvalue weighted by atomic mass is 9.65. The third kappa shape index (κ3) is 5.29. The van der Waals surface area contributed by atoms with Crippen LogP contribution in [-0.4, -0.2) is 0 Å². The standard InChI is InChI=1S/2C13H24/c1-11(2)12-5-9-13(10-6-12)7-3-4-8-13;1-10(2)12-8-7-11-5-3-4-6-13(11)9-12/h11-12H,3-10H2,1-2H3;10-13H,3-9H2,1-2H3. The van der Waals surface area contributed by atoms with Gasteiger partial charge in [-0.15, -0.1) is 0 Å². The van der Waals surface area contributed by atoms with E-state index in [0.29, 0.717) is 0 Å². The van der Waals surface area contributed by atoms with E-state index in [0.717, 1.165) is 40.9 Å². The van der Waals surface area contributed by atoms with Gasteiger partial charge in [0.1, 0.15) is 0 Å². The van der Waals surface area contributed by atoms with Gasteiger partial charge in [-0.25, -0.2) is 0 Å². The second-order valence-corrected chi connectivity index (χ2v) is 11.4. The molecule has 0 nitrogen and oxygen atoms in total. The Balaban J connectivity index is 0.000000151. The van der Waals surface area contributed by atoms with Crippen molar-refractivity contribution in [2.75, 3.05) is 0 Å². The third-order valence-corrected chi connectivity index (χ3v) is 9.22. The molecule has 152 valence electrons. The van der Waals surface area contributed by atoms with Crippen molar-refractivity contribution in [2.45, 2.75) is 124 Å². The Morgan fingerprint density at radius 2 is 1.12 bits per heavy atom. The van der Waals surface area contributed by atoms with Crippen molar-refractivity contribution in [3.63, 3.8) is 0 Å². The smallest absolute Gasteiger partial charge is 0.0297 e. The first kappa shape index (κ1) is 20.7. The van der Waals surface area contributed by atoms with Crippen molar-refractivity contribution in [3.8, 4) is 0 Å². The Labute approximate surface area is 165 Å². The summed E-state index contributed by atoms with van der Waals surface area (Å²) < 4.78 is 0. The van der Waals surface area contributed by atoms with Gasteiger partial charge in [0.15, 0.2) is 0 Å². The second kappa shape index (κ2) is 9.47. The molecule has 0 heterocycles. The lowest BCUT2D eigenvalue weighted by Gasteiger charge is -2.40. The van der Waals surface area contributed by atoms with E-state index in [2.05, 4.69) is 27.7 Å². The molecule has 4 aliphatic carbocycles. The zero-order chi connectivity index (χ0) is 18.6. The Hall–Kier alpha value is 0. The van der Waals surface area contributed by atoms with E-state index in [-0.39, 0.29) is 0 Å². The Morgan fingerprint density at radius 1 is 0.538 bits per heavy atom. The molecule has 0 radical (unpaired) electrons. The van der Waals surface area contributed by atoms with Crippen LogP contribution in [0.25, 0.3) is 0 Å². The molecule has 0 N–H and O–H groups in total. The minimum atomic E-state index is 0.839. The van der Waals surface area contributed by atoms with Crippen LogP contribution < -0.4 is 0 Å². The Morgan fingerprint density at radius 3 is 1.69 bits per heavy atom. The van der Waals surface area contributed by atoms with Crippen LogP contribution in [0.15, 0.2) is 0 Å². The van der Waals surface area contributed by atoms with Crippen LogP contribution in [0.4, 0.5) is 0 Å². The summed E-state index contributed by atoms with van der Waals surface area (Å²) in [6.07, 6.45) is 23.1. The van der Waals surface area contributed by atoms with Gasteiger partial charge in [0, 0.05) is 0 Å². The Bertz CT molecular complexity index is 390. The van der Waals surface area contributed by atoms with Crippen molar-refractivity contribution in [1.82, 2.24) is 0 Å². The van der Waals surface area contributed by atoms with E-state index < -0.39 is 0 Å². The van der Waals surface area contributed by atoms with Gasteiger partial charge in [0.05, 0.1) is 0 Å². The maximum absolute atomic E-state index is 2.41. The average Bonchev–Trinajstić information content (AvgIpc) is 3.10. The first-order valence-electron chi connectivity index (χ1n) is 12.5. The largest absolute Gasteiger partial charge is 0.0625 e. The maximum atomic E-state index is 2.41. The van der Waals surface area contributed by atoms with Crippen molar-refractivity contribution in [3.05, 3.63) is 0 Å². The summed E-state index contributed by atoms with van der Waals surface area (Å²) in [6, 6.07) is 0. The molecule has 3 unspecified atom stereocenters. The highest BCUT2D eigenvalue weighted by Gasteiger charge is 2.37. The first-order valence-corrected chi connectivity index (χ1v) is 12.5. The van der Waals surface area contributed by atoms with Gasteiger partial charge in [-0.3, -0.25) is 0 Å². The normalized spacial score (nSPS) is 34.6. The van der Waals surface area contributed by atoms with Crippen molar-refractivity contribution >= 4 is 0 Å². The number of hydrogen-bond donors (Lipinski definition) is 0. The molecule has 0 aromatic carbocycles. The topological polar surface area (TPSA) is 0 Å². The van der Waals surface area contributed by atoms with E-state index in [4.69, 9.17) is 0 Å². The highest BCUT2D eigenvalue weighted by Crippen LogP contribution is 2.51. The fraction of sp³-hybridized carbons (Fsp3) is 1.00.